The maximum atomic E-state index is 12.2. The van der Waals surface area contributed by atoms with Gasteiger partial charge in [0.05, 0.1) is 10.5 Å². The van der Waals surface area contributed by atoms with E-state index < -0.39 is 10.0 Å². The van der Waals surface area contributed by atoms with Crippen LogP contribution in [0.25, 0.3) is 0 Å². The molecule has 0 amide bonds. The molecule has 0 aliphatic rings. The summed E-state index contributed by atoms with van der Waals surface area (Å²) in [7, 11) is -3.78. The SMILES string of the molecule is CC(C)(CCO)CNS(=O)(=O)c1ccc(N)cc1C#N. The minimum absolute atomic E-state index is 0.0115. The van der Waals surface area contributed by atoms with Crippen molar-refractivity contribution in [2.24, 2.45) is 5.41 Å². The predicted molar refractivity (Wildman–Crippen MR) is 76.2 cm³/mol. The van der Waals surface area contributed by atoms with Gasteiger partial charge in [-0.2, -0.15) is 5.26 Å². The molecule has 6 nitrogen and oxygen atoms in total. The van der Waals surface area contributed by atoms with E-state index in [0.29, 0.717) is 12.1 Å². The molecular weight excluding hydrogens is 278 g/mol. The molecule has 1 aromatic carbocycles. The predicted octanol–water partition coefficient (Wildman–Crippen LogP) is 0.827. The standard InChI is InChI=1S/C13H19N3O3S/c1-13(2,5-6-17)9-16-20(18,19)12-4-3-11(15)7-10(12)8-14/h3-4,7,16-17H,5-6,9,15H2,1-2H3. The first-order valence-electron chi connectivity index (χ1n) is 6.12. The van der Waals surface area contributed by atoms with Crippen LogP contribution in [-0.2, 0) is 10.0 Å². The van der Waals surface area contributed by atoms with Crippen molar-refractivity contribution in [1.82, 2.24) is 4.72 Å². The van der Waals surface area contributed by atoms with Crippen LogP contribution in [0, 0.1) is 16.7 Å². The third kappa shape index (κ3) is 4.20. The number of rotatable bonds is 6. The third-order valence-electron chi connectivity index (χ3n) is 2.94. The summed E-state index contributed by atoms with van der Waals surface area (Å²) < 4.78 is 26.9. The zero-order chi connectivity index (χ0) is 15.4. The van der Waals surface area contributed by atoms with Crippen molar-refractivity contribution in [3.63, 3.8) is 0 Å². The van der Waals surface area contributed by atoms with Crippen LogP contribution in [0.5, 0.6) is 0 Å². The number of anilines is 1. The molecule has 7 heteroatoms. The zero-order valence-corrected chi connectivity index (χ0v) is 12.4. The number of nitrogens with two attached hydrogens (primary N) is 1. The van der Waals surface area contributed by atoms with E-state index in [-0.39, 0.29) is 29.0 Å². The van der Waals surface area contributed by atoms with E-state index in [0.717, 1.165) is 0 Å². The number of aliphatic hydroxyl groups excluding tert-OH is 1. The Hall–Kier alpha value is -1.62. The first kappa shape index (κ1) is 16.4. The minimum atomic E-state index is -3.78. The highest BCUT2D eigenvalue weighted by molar-refractivity contribution is 7.89. The molecule has 110 valence electrons. The Bertz CT molecular complexity index is 618. The van der Waals surface area contributed by atoms with Crippen molar-refractivity contribution < 1.29 is 13.5 Å². The maximum Gasteiger partial charge on any atom is 0.241 e. The van der Waals surface area contributed by atoms with Gasteiger partial charge in [-0.15, -0.1) is 0 Å². The lowest BCUT2D eigenvalue weighted by atomic mass is 9.90. The summed E-state index contributed by atoms with van der Waals surface area (Å²) in [6.45, 7) is 3.85. The molecule has 1 rings (SSSR count). The molecule has 0 aliphatic carbocycles. The molecule has 0 saturated carbocycles. The second kappa shape index (κ2) is 6.22. The normalized spacial score (nSPS) is 12.1. The molecule has 20 heavy (non-hydrogen) atoms. The van der Waals surface area contributed by atoms with Crippen LogP contribution in [0.4, 0.5) is 5.69 Å². The highest BCUT2D eigenvalue weighted by atomic mass is 32.2. The Morgan fingerprint density at radius 3 is 2.65 bits per heavy atom. The summed E-state index contributed by atoms with van der Waals surface area (Å²) in [6, 6.07) is 5.91. The van der Waals surface area contributed by atoms with Gasteiger partial charge in [-0.25, -0.2) is 13.1 Å². The number of nitrogens with zero attached hydrogens (tertiary/aromatic N) is 1. The first-order chi connectivity index (χ1) is 9.22. The summed E-state index contributed by atoms with van der Waals surface area (Å²) in [4.78, 5) is -0.0889. The van der Waals surface area contributed by atoms with Crippen molar-refractivity contribution in [3.8, 4) is 6.07 Å². The van der Waals surface area contributed by atoms with Crippen LogP contribution in [0.1, 0.15) is 25.8 Å². The van der Waals surface area contributed by atoms with E-state index >= 15 is 0 Å². The van der Waals surface area contributed by atoms with Crippen LogP contribution in [-0.4, -0.2) is 26.7 Å². The van der Waals surface area contributed by atoms with Gasteiger partial charge in [-0.3, -0.25) is 0 Å². The van der Waals surface area contributed by atoms with Crippen LogP contribution in [0.3, 0.4) is 0 Å². The van der Waals surface area contributed by atoms with Crippen molar-refractivity contribution in [2.45, 2.75) is 25.2 Å². The van der Waals surface area contributed by atoms with Gasteiger partial charge in [-0.1, -0.05) is 13.8 Å². The van der Waals surface area contributed by atoms with Gasteiger partial charge < -0.3 is 10.8 Å². The zero-order valence-electron chi connectivity index (χ0n) is 11.5. The maximum absolute atomic E-state index is 12.2. The lowest BCUT2D eigenvalue weighted by molar-refractivity contribution is 0.213. The van der Waals surface area contributed by atoms with E-state index in [1.165, 1.54) is 18.2 Å². The number of hydrogen-bond acceptors (Lipinski definition) is 5. The fourth-order valence-corrected chi connectivity index (χ4v) is 3.01. The lowest BCUT2D eigenvalue weighted by Gasteiger charge is -2.23. The fourth-order valence-electron chi connectivity index (χ4n) is 1.63. The van der Waals surface area contributed by atoms with Crippen LogP contribution < -0.4 is 10.5 Å². The summed E-state index contributed by atoms with van der Waals surface area (Å²) in [5.74, 6) is 0. The van der Waals surface area contributed by atoms with Crippen LogP contribution in [0.2, 0.25) is 0 Å². The quantitative estimate of drug-likeness (QED) is 0.672. The Morgan fingerprint density at radius 1 is 1.45 bits per heavy atom. The Morgan fingerprint density at radius 2 is 2.10 bits per heavy atom. The third-order valence-corrected chi connectivity index (χ3v) is 4.40. The van der Waals surface area contributed by atoms with E-state index in [9.17, 15) is 8.42 Å². The van der Waals surface area contributed by atoms with E-state index in [4.69, 9.17) is 16.1 Å². The van der Waals surface area contributed by atoms with Gasteiger partial charge in [0.2, 0.25) is 10.0 Å². The average Bonchev–Trinajstić information content (AvgIpc) is 2.36. The lowest BCUT2D eigenvalue weighted by Crippen LogP contribution is -2.34. The molecule has 1 aromatic rings. The van der Waals surface area contributed by atoms with Gasteiger partial charge in [0.25, 0.3) is 0 Å². The van der Waals surface area contributed by atoms with Crippen LogP contribution in [0.15, 0.2) is 23.1 Å². The van der Waals surface area contributed by atoms with Gasteiger partial charge in [0.1, 0.15) is 6.07 Å². The van der Waals surface area contributed by atoms with Gasteiger partial charge in [0.15, 0.2) is 0 Å². The minimum Gasteiger partial charge on any atom is -0.399 e. The molecule has 0 aromatic heterocycles. The Balaban J connectivity index is 2.99. The number of benzene rings is 1. The monoisotopic (exact) mass is 297 g/mol. The Kier molecular flexibility index (Phi) is 5.11. The van der Waals surface area contributed by atoms with E-state index in [1.807, 2.05) is 19.9 Å². The molecule has 0 fully saturated rings. The van der Waals surface area contributed by atoms with E-state index in [2.05, 4.69) is 4.72 Å². The van der Waals surface area contributed by atoms with Crippen molar-refractivity contribution in [1.29, 1.82) is 5.26 Å². The van der Waals surface area contributed by atoms with E-state index in [1.54, 1.807) is 0 Å². The van der Waals surface area contributed by atoms with Crippen molar-refractivity contribution in [3.05, 3.63) is 23.8 Å². The average molecular weight is 297 g/mol. The number of sulfonamides is 1. The second-order valence-corrected chi connectivity index (χ2v) is 7.07. The molecular formula is C13H19N3O3S. The summed E-state index contributed by atoms with van der Waals surface area (Å²) >= 11 is 0. The smallest absolute Gasteiger partial charge is 0.241 e. The van der Waals surface area contributed by atoms with Gasteiger partial charge in [0, 0.05) is 18.8 Å². The molecule has 0 saturated heterocycles. The fraction of sp³-hybridized carbons (Fsp3) is 0.462. The summed E-state index contributed by atoms with van der Waals surface area (Å²) in [6.07, 6.45) is 0.475. The molecule has 0 unspecified atom stereocenters. The van der Waals surface area contributed by atoms with Crippen LogP contribution >= 0.6 is 0 Å². The number of aliphatic hydroxyl groups is 1. The highest BCUT2D eigenvalue weighted by Crippen LogP contribution is 2.21. The topological polar surface area (TPSA) is 116 Å². The molecule has 0 atom stereocenters. The molecule has 0 heterocycles. The molecule has 0 aliphatic heterocycles. The highest BCUT2D eigenvalue weighted by Gasteiger charge is 2.23. The molecule has 0 radical (unpaired) electrons. The van der Waals surface area contributed by atoms with Crippen molar-refractivity contribution in [2.75, 3.05) is 18.9 Å². The molecule has 0 bridgehead atoms. The molecule has 4 N–H and O–H groups in total. The Labute approximate surface area is 119 Å². The number of nitriles is 1. The second-order valence-electron chi connectivity index (χ2n) is 5.33. The summed E-state index contributed by atoms with van der Waals surface area (Å²) in [5, 5.41) is 17.9. The van der Waals surface area contributed by atoms with Gasteiger partial charge in [-0.05, 0) is 30.0 Å². The van der Waals surface area contributed by atoms with Gasteiger partial charge >= 0.3 is 0 Å². The number of nitrogens with one attached hydrogen (secondary N) is 1. The largest absolute Gasteiger partial charge is 0.399 e. The number of hydrogen-bond donors (Lipinski definition) is 3. The first-order valence-corrected chi connectivity index (χ1v) is 7.60. The summed E-state index contributed by atoms with van der Waals surface area (Å²) in [5.41, 5.74) is 5.51. The van der Waals surface area contributed by atoms with Crippen molar-refractivity contribution >= 4 is 15.7 Å². The number of nitrogen functional groups attached to an aromatic ring is 1. The molecule has 0 spiro atoms.